The summed E-state index contributed by atoms with van der Waals surface area (Å²) in [5, 5.41) is 39.2. The third kappa shape index (κ3) is 24.7. The number of hydrogen-bond donors (Lipinski definition) is 9. The standard InChI is InChI=1S/C25H31N3O8S.C25H27N3O8S.C25H31N3O7S.C24H28FN3O7S/c1-34-20-5-3-19(4-6-20)28-15-14-27(24(28)30)13-2-16-36-21-7-9-22(10-8-21)37(32,33)25(23(29)26-31)11-17-35-18-12-25;29-22-21(17-18-5-2-1-3-6-18)26-24(31)28(22)13-4-14-36-19-7-9-20(10-8-19)37(33,34)25(23(30)27-32)11-15-35-16-12-25;1-19-3-5-20(6-4-19)28-15-14-27(24(28)30)13-2-16-35-21-7-9-22(10-8-21)36(32,33)25(23(29)26-31)11-17-34-18-12-25;25-18-2-4-19(5-3-18)28-14-13-27(23(28)30)12-1-15-35-20-6-8-21(9-7-20)36(32,33)24(22(29)26-31)10-16-34-17-11-24/h3-10,31H,2,11-18H2,1H3,(H,26,29);1-3,5-10,17,32H,4,11-16H2,(H,26,31)(H,27,30);3-10,31H,2,11-18H2,1H3,(H,26,29);2-9,31H,1,10-17H2,(H,26,29)/b;21-17-;;. The quantitative estimate of drug-likeness (QED) is 0.00576. The Hall–Kier alpha value is -13.5. The van der Waals surface area contributed by atoms with Crippen molar-refractivity contribution < 1.29 is 145 Å². The van der Waals surface area contributed by atoms with E-state index in [0.717, 1.165) is 33.2 Å². The van der Waals surface area contributed by atoms with Crippen molar-refractivity contribution in [2.24, 2.45) is 0 Å². The highest BCUT2D eigenvalue weighted by Crippen LogP contribution is 2.42. The van der Waals surface area contributed by atoms with Gasteiger partial charge >= 0.3 is 24.1 Å². The molecule has 42 nitrogen and oxygen atoms in total. The summed E-state index contributed by atoms with van der Waals surface area (Å²) in [5.74, 6) is -2.14. The molecule has 13 amide bonds. The topological polar surface area (TPSA) is 537 Å². The van der Waals surface area contributed by atoms with Gasteiger partial charge in [-0.15, -0.1) is 0 Å². The van der Waals surface area contributed by atoms with E-state index >= 15 is 0 Å². The van der Waals surface area contributed by atoms with E-state index in [1.165, 1.54) is 131 Å². The van der Waals surface area contributed by atoms with Crippen molar-refractivity contribution >= 4 is 116 Å². The Morgan fingerprint density at radius 3 is 0.918 bits per heavy atom. The minimum absolute atomic E-state index is 0.0256. The van der Waals surface area contributed by atoms with E-state index in [1.54, 1.807) is 54.7 Å². The lowest BCUT2D eigenvalue weighted by Crippen LogP contribution is -2.54. The first-order valence-corrected chi connectivity index (χ1v) is 53.2. The molecule has 8 saturated heterocycles. The first kappa shape index (κ1) is 110. The molecule has 0 radical (unpaired) electrons. The van der Waals surface area contributed by atoms with Gasteiger partial charge in [0.2, 0.25) is 0 Å². The van der Waals surface area contributed by atoms with Gasteiger partial charge in [0.1, 0.15) is 40.3 Å². The van der Waals surface area contributed by atoms with Crippen molar-refractivity contribution in [3.05, 3.63) is 223 Å². The number of carbonyl (C=O) groups is 9. The number of hydrogen-bond acceptors (Lipinski definition) is 30. The summed E-state index contributed by atoms with van der Waals surface area (Å²) in [6.45, 7) is 9.21. The molecule has 8 aliphatic heterocycles. The molecule has 8 aromatic rings. The van der Waals surface area contributed by atoms with Crippen LogP contribution in [-0.2, 0) is 82.3 Å². The number of methoxy groups -OCH3 is 1. The van der Waals surface area contributed by atoms with E-state index < -0.39 is 93.9 Å². The Morgan fingerprint density at radius 1 is 0.370 bits per heavy atom. The van der Waals surface area contributed by atoms with Gasteiger partial charge in [0.25, 0.3) is 29.5 Å². The number of hydroxylamine groups is 4. The monoisotopic (exact) mass is 2100 g/mol. The number of carbonyl (C=O) groups excluding carboxylic acids is 9. The van der Waals surface area contributed by atoms with E-state index in [4.69, 9.17) is 63.5 Å². The summed E-state index contributed by atoms with van der Waals surface area (Å²) < 4.78 is 161. The predicted molar refractivity (Wildman–Crippen MR) is 524 cm³/mol. The minimum Gasteiger partial charge on any atom is -0.497 e. The van der Waals surface area contributed by atoms with Gasteiger partial charge in [-0.25, -0.2) is 79.2 Å². The summed E-state index contributed by atoms with van der Waals surface area (Å²) >= 11 is 0. The number of benzene rings is 8. The minimum atomic E-state index is -4.13. The second-order valence-electron chi connectivity index (χ2n) is 35.0. The number of rotatable bonds is 37. The van der Waals surface area contributed by atoms with Crippen LogP contribution in [0.4, 0.5) is 40.6 Å². The summed E-state index contributed by atoms with van der Waals surface area (Å²) in [6, 6.07) is 52.5. The first-order valence-electron chi connectivity index (χ1n) is 47.2. The second kappa shape index (κ2) is 49.6. The molecule has 8 aliphatic rings. The molecular weight excluding hydrogens is 1980 g/mol. The molecule has 0 bridgehead atoms. The van der Waals surface area contributed by atoms with Gasteiger partial charge in [-0.3, -0.25) is 64.4 Å². The van der Waals surface area contributed by atoms with Gasteiger partial charge in [0.05, 0.1) is 53.1 Å². The Balaban J connectivity index is 0.000000163. The Morgan fingerprint density at radius 2 is 0.637 bits per heavy atom. The predicted octanol–water partition coefficient (Wildman–Crippen LogP) is 9.01. The normalized spacial score (nSPS) is 17.9. The van der Waals surface area contributed by atoms with Crippen molar-refractivity contribution in [1.82, 2.24) is 46.8 Å². The van der Waals surface area contributed by atoms with Crippen LogP contribution < -0.4 is 65.6 Å². The Labute approximate surface area is 843 Å². The lowest BCUT2D eigenvalue weighted by Gasteiger charge is -2.34. The van der Waals surface area contributed by atoms with Crippen LogP contribution in [0.25, 0.3) is 6.08 Å². The van der Waals surface area contributed by atoms with Crippen molar-refractivity contribution in [2.75, 3.05) is 167 Å². The highest BCUT2D eigenvalue weighted by atomic mass is 32.2. The molecule has 0 atom stereocenters. The molecule has 9 N–H and O–H groups in total. The summed E-state index contributed by atoms with van der Waals surface area (Å²) in [5.41, 5.74) is 10.5. The number of anilines is 3. The van der Waals surface area contributed by atoms with E-state index in [0.29, 0.717) is 133 Å². The zero-order valence-corrected chi connectivity index (χ0v) is 83.5. The van der Waals surface area contributed by atoms with E-state index in [-0.39, 0.29) is 167 Å². The number of nitrogens with one attached hydrogen (secondary N) is 5. The van der Waals surface area contributed by atoms with Gasteiger partial charge in [-0.2, -0.15) is 0 Å². The lowest BCUT2D eigenvalue weighted by atomic mass is 9.98. The van der Waals surface area contributed by atoms with Gasteiger partial charge in [-0.05, 0) is 253 Å². The molecule has 47 heteroatoms. The number of halogens is 1. The molecule has 8 aromatic carbocycles. The third-order valence-electron chi connectivity index (χ3n) is 26.4. The van der Waals surface area contributed by atoms with E-state index in [1.807, 2.05) is 85.8 Å². The fourth-order valence-corrected chi connectivity index (χ4v) is 25.6. The van der Waals surface area contributed by atoms with Gasteiger partial charge in [-0.1, -0.05) is 48.0 Å². The van der Waals surface area contributed by atoms with Crippen molar-refractivity contribution in [3.63, 3.8) is 0 Å². The molecule has 0 unspecified atom stereocenters. The van der Waals surface area contributed by atoms with Crippen LogP contribution in [0.2, 0.25) is 0 Å². The third-order valence-corrected chi connectivity index (χ3v) is 36.5. The fraction of sp³-hybridized carbons (Fsp3) is 0.404. The number of aryl methyl sites for hydroxylation is 1. The Kier molecular flexibility index (Phi) is 37.3. The van der Waals surface area contributed by atoms with Crippen molar-refractivity contribution in [2.45, 2.75) is 123 Å². The SMILES string of the molecule is COc1ccc(N2CCN(CCCOc3ccc(S(=O)(=O)C4(C(=O)NO)CCOCC4)cc3)C2=O)cc1.Cc1ccc(N2CCN(CCCOc3ccc(S(=O)(=O)C4(C(=O)NO)CCOCC4)cc3)C2=O)cc1.O=C1N(CCCOc2ccc(S(=O)(=O)C3(C(=O)NO)CCOCC3)cc2)CCN1c1ccc(F)cc1.O=C1N/C(=C\c2ccccc2)C(=O)N1CCCOc1ccc(S(=O)(=O)C2(C(=O)NO)CCOCC2)cc1. The maximum atomic E-state index is 13.3. The average Bonchev–Trinajstić information content (AvgIpc) is 1.76. The van der Waals surface area contributed by atoms with Crippen LogP contribution in [-0.4, -0.2) is 299 Å². The smallest absolute Gasteiger partial charge is 0.329 e. The van der Waals surface area contributed by atoms with Crippen LogP contribution in [0.1, 0.15) is 88.2 Å². The largest absolute Gasteiger partial charge is 0.497 e. The second-order valence-corrected chi connectivity index (χ2v) is 44.1. The number of urea groups is 4. The molecule has 16 rings (SSSR count). The number of sulfone groups is 4. The van der Waals surface area contributed by atoms with Gasteiger partial charge < -0.3 is 62.6 Å². The molecule has 0 aromatic heterocycles. The number of ether oxygens (including phenoxy) is 9. The van der Waals surface area contributed by atoms with Gasteiger partial charge in [0.15, 0.2) is 58.3 Å². The van der Waals surface area contributed by atoms with Crippen LogP contribution in [0.3, 0.4) is 0 Å². The summed E-state index contributed by atoms with van der Waals surface area (Å²) in [7, 11) is -14.8. The zero-order valence-electron chi connectivity index (χ0n) is 80.2. The van der Waals surface area contributed by atoms with E-state index in [2.05, 4.69) is 5.32 Å². The molecule has 0 saturated carbocycles. The summed E-state index contributed by atoms with van der Waals surface area (Å²) in [4.78, 5) is 123. The molecule has 0 aliphatic carbocycles. The van der Waals surface area contributed by atoms with Crippen molar-refractivity contribution in [1.29, 1.82) is 0 Å². The maximum Gasteiger partial charge on any atom is 0.329 e. The van der Waals surface area contributed by atoms with Crippen LogP contribution in [0.5, 0.6) is 28.7 Å². The van der Waals surface area contributed by atoms with Crippen LogP contribution >= 0.6 is 0 Å². The molecule has 146 heavy (non-hydrogen) atoms. The highest BCUT2D eigenvalue weighted by Gasteiger charge is 2.57. The average molecular weight is 2100 g/mol. The lowest BCUT2D eigenvalue weighted by molar-refractivity contribution is -0.135. The van der Waals surface area contributed by atoms with Crippen LogP contribution in [0.15, 0.2) is 225 Å². The number of nitrogens with zero attached hydrogens (tertiary/aromatic N) is 7. The van der Waals surface area contributed by atoms with Crippen molar-refractivity contribution in [3.8, 4) is 28.7 Å². The number of amides is 13. The molecular formula is C99H117FN12O30S4. The van der Waals surface area contributed by atoms with Gasteiger partial charge in [0, 0.05) is 135 Å². The highest BCUT2D eigenvalue weighted by molar-refractivity contribution is 7.94. The molecule has 784 valence electrons. The zero-order chi connectivity index (χ0) is 104. The molecule has 0 spiro atoms. The number of imide groups is 1. The fourth-order valence-electron chi connectivity index (χ4n) is 17.9. The molecule has 8 fully saturated rings. The van der Waals surface area contributed by atoms with Crippen LogP contribution in [0, 0.1) is 12.7 Å². The Bertz CT molecular complexity index is 6200. The first-order chi connectivity index (χ1) is 70.2. The summed E-state index contributed by atoms with van der Waals surface area (Å²) in [6.07, 6.45) is 3.28. The maximum absolute atomic E-state index is 13.3. The molecule has 8 heterocycles. The van der Waals surface area contributed by atoms with E-state index in [9.17, 15) is 81.2 Å².